The Labute approximate surface area is 91.1 Å². The standard InChI is InChI=1S/C10H12F2N4/c1-6(10(2,11)12)8-4-3-7-5-14-9(13)15-16(7)8/h3-6H,1-2H3,(H2,13,15). The Morgan fingerprint density at radius 2 is 2.12 bits per heavy atom. The van der Waals surface area contributed by atoms with Crippen LogP contribution in [0.2, 0.25) is 0 Å². The predicted molar refractivity (Wildman–Crippen MR) is 56.4 cm³/mol. The first-order chi connectivity index (χ1) is 7.39. The minimum absolute atomic E-state index is 0.0663. The van der Waals surface area contributed by atoms with Gasteiger partial charge in [-0.1, -0.05) is 6.92 Å². The maximum absolute atomic E-state index is 13.2. The lowest BCUT2D eigenvalue weighted by molar-refractivity contribution is -0.00392. The van der Waals surface area contributed by atoms with Gasteiger partial charge in [0.15, 0.2) is 0 Å². The topological polar surface area (TPSA) is 56.2 Å². The van der Waals surface area contributed by atoms with E-state index in [1.807, 2.05) is 0 Å². The first kappa shape index (κ1) is 10.8. The average molecular weight is 226 g/mol. The van der Waals surface area contributed by atoms with E-state index < -0.39 is 11.8 Å². The molecule has 0 aliphatic rings. The van der Waals surface area contributed by atoms with Crippen molar-refractivity contribution in [2.75, 3.05) is 5.73 Å². The zero-order chi connectivity index (χ0) is 11.9. The molecule has 0 radical (unpaired) electrons. The molecule has 16 heavy (non-hydrogen) atoms. The lowest BCUT2D eigenvalue weighted by Gasteiger charge is -2.18. The van der Waals surface area contributed by atoms with E-state index in [2.05, 4.69) is 10.1 Å². The highest BCUT2D eigenvalue weighted by Crippen LogP contribution is 2.32. The summed E-state index contributed by atoms with van der Waals surface area (Å²) in [5.41, 5.74) is 6.51. The maximum atomic E-state index is 13.2. The van der Waals surface area contributed by atoms with E-state index in [1.165, 1.54) is 17.6 Å². The molecule has 2 N–H and O–H groups in total. The van der Waals surface area contributed by atoms with Gasteiger partial charge in [-0.05, 0) is 12.1 Å². The Hall–Kier alpha value is -1.72. The fourth-order valence-electron chi connectivity index (χ4n) is 1.52. The summed E-state index contributed by atoms with van der Waals surface area (Å²) in [6.07, 6.45) is 1.51. The monoisotopic (exact) mass is 226 g/mol. The van der Waals surface area contributed by atoms with Crippen LogP contribution in [-0.2, 0) is 0 Å². The Kier molecular flexibility index (Phi) is 2.29. The van der Waals surface area contributed by atoms with Crippen LogP contribution in [0.15, 0.2) is 18.3 Å². The zero-order valence-corrected chi connectivity index (χ0v) is 8.98. The van der Waals surface area contributed by atoms with Gasteiger partial charge in [0.2, 0.25) is 5.95 Å². The van der Waals surface area contributed by atoms with Crippen LogP contribution in [0.1, 0.15) is 25.5 Å². The summed E-state index contributed by atoms with van der Waals surface area (Å²) >= 11 is 0. The van der Waals surface area contributed by atoms with Crippen molar-refractivity contribution in [3.8, 4) is 0 Å². The third-order valence-corrected chi connectivity index (χ3v) is 2.65. The minimum Gasteiger partial charge on any atom is -0.367 e. The van der Waals surface area contributed by atoms with Crippen molar-refractivity contribution in [1.29, 1.82) is 0 Å². The van der Waals surface area contributed by atoms with Gasteiger partial charge in [-0.25, -0.2) is 18.3 Å². The number of fused-ring (bicyclic) bond motifs is 1. The molecule has 0 aliphatic carbocycles. The Balaban J connectivity index is 2.57. The highest BCUT2D eigenvalue weighted by atomic mass is 19.3. The largest absolute Gasteiger partial charge is 0.367 e. The van der Waals surface area contributed by atoms with Gasteiger partial charge < -0.3 is 5.73 Å². The number of rotatable bonds is 2. The van der Waals surface area contributed by atoms with Crippen molar-refractivity contribution >= 4 is 11.5 Å². The van der Waals surface area contributed by atoms with Gasteiger partial charge in [-0.15, -0.1) is 5.10 Å². The number of hydrogen-bond acceptors (Lipinski definition) is 3. The van der Waals surface area contributed by atoms with Gasteiger partial charge in [-0.3, -0.25) is 0 Å². The molecule has 0 amide bonds. The van der Waals surface area contributed by atoms with Gasteiger partial charge in [0.1, 0.15) is 0 Å². The smallest absolute Gasteiger partial charge is 0.253 e. The Morgan fingerprint density at radius 1 is 1.44 bits per heavy atom. The van der Waals surface area contributed by atoms with Gasteiger partial charge in [-0.2, -0.15) is 0 Å². The van der Waals surface area contributed by atoms with E-state index in [0.29, 0.717) is 11.2 Å². The fraction of sp³-hybridized carbons (Fsp3) is 0.400. The van der Waals surface area contributed by atoms with Gasteiger partial charge in [0, 0.05) is 6.92 Å². The molecule has 0 bridgehead atoms. The summed E-state index contributed by atoms with van der Waals surface area (Å²) < 4.78 is 27.8. The SMILES string of the molecule is CC(c1ccc2cnc(N)nn12)C(C)(F)F. The summed E-state index contributed by atoms with van der Waals surface area (Å²) in [6, 6.07) is 3.31. The number of hydrogen-bond donors (Lipinski definition) is 1. The first-order valence-corrected chi connectivity index (χ1v) is 4.87. The van der Waals surface area contributed by atoms with Gasteiger partial charge >= 0.3 is 0 Å². The number of alkyl halides is 2. The predicted octanol–water partition coefficient (Wildman–Crippen LogP) is 2.07. The normalized spacial score (nSPS) is 14.2. The fourth-order valence-corrected chi connectivity index (χ4v) is 1.52. The van der Waals surface area contributed by atoms with Crippen LogP contribution < -0.4 is 5.73 Å². The molecule has 0 saturated heterocycles. The summed E-state index contributed by atoms with van der Waals surface area (Å²) in [4.78, 5) is 3.80. The molecule has 2 rings (SSSR count). The Bertz CT molecular complexity index is 515. The van der Waals surface area contributed by atoms with Crippen LogP contribution in [0.25, 0.3) is 5.52 Å². The minimum atomic E-state index is -2.80. The zero-order valence-electron chi connectivity index (χ0n) is 8.98. The molecule has 2 aromatic rings. The summed E-state index contributed by atoms with van der Waals surface area (Å²) in [7, 11) is 0. The van der Waals surface area contributed by atoms with Crippen molar-refractivity contribution in [3.63, 3.8) is 0 Å². The number of nitrogens with two attached hydrogens (primary N) is 1. The molecule has 2 aromatic heterocycles. The second-order valence-electron chi connectivity index (χ2n) is 3.89. The van der Waals surface area contributed by atoms with E-state index in [-0.39, 0.29) is 5.95 Å². The molecule has 0 saturated carbocycles. The van der Waals surface area contributed by atoms with E-state index >= 15 is 0 Å². The van der Waals surface area contributed by atoms with Crippen molar-refractivity contribution in [1.82, 2.24) is 14.6 Å². The number of halogens is 2. The molecule has 4 nitrogen and oxygen atoms in total. The molecule has 86 valence electrons. The third-order valence-electron chi connectivity index (χ3n) is 2.65. The second kappa shape index (κ2) is 3.40. The third kappa shape index (κ3) is 1.70. The molecule has 0 aliphatic heterocycles. The van der Waals surface area contributed by atoms with Crippen LogP contribution in [0.4, 0.5) is 14.7 Å². The molecular formula is C10H12F2N4. The lowest BCUT2D eigenvalue weighted by Crippen LogP contribution is -2.21. The van der Waals surface area contributed by atoms with Crippen LogP contribution in [0, 0.1) is 0 Å². The number of nitrogen functional groups attached to an aromatic ring is 1. The molecule has 2 heterocycles. The van der Waals surface area contributed by atoms with Crippen molar-refractivity contribution in [2.24, 2.45) is 0 Å². The van der Waals surface area contributed by atoms with Crippen LogP contribution in [0.3, 0.4) is 0 Å². The van der Waals surface area contributed by atoms with E-state index in [1.54, 1.807) is 12.1 Å². The van der Waals surface area contributed by atoms with Crippen molar-refractivity contribution in [2.45, 2.75) is 25.7 Å². The molecule has 0 fully saturated rings. The van der Waals surface area contributed by atoms with Crippen LogP contribution in [-0.4, -0.2) is 20.5 Å². The average Bonchev–Trinajstić information content (AvgIpc) is 2.57. The number of aromatic nitrogens is 3. The number of nitrogens with zero attached hydrogens (tertiary/aromatic N) is 3. The molecule has 6 heteroatoms. The van der Waals surface area contributed by atoms with E-state index in [0.717, 1.165) is 6.92 Å². The highest BCUT2D eigenvalue weighted by molar-refractivity contribution is 5.48. The molecule has 1 unspecified atom stereocenters. The number of anilines is 1. The molecule has 0 aromatic carbocycles. The van der Waals surface area contributed by atoms with Crippen LogP contribution >= 0.6 is 0 Å². The van der Waals surface area contributed by atoms with Crippen molar-refractivity contribution in [3.05, 3.63) is 24.0 Å². The van der Waals surface area contributed by atoms with Crippen LogP contribution in [0.5, 0.6) is 0 Å². The van der Waals surface area contributed by atoms with Gasteiger partial charge in [0.25, 0.3) is 5.92 Å². The lowest BCUT2D eigenvalue weighted by atomic mass is 10.0. The molecule has 0 spiro atoms. The maximum Gasteiger partial charge on any atom is 0.253 e. The van der Waals surface area contributed by atoms with Gasteiger partial charge in [0.05, 0.1) is 23.3 Å². The highest BCUT2D eigenvalue weighted by Gasteiger charge is 2.33. The summed E-state index contributed by atoms with van der Waals surface area (Å²) in [6.45, 7) is 2.35. The molecule has 1 atom stereocenters. The second-order valence-corrected chi connectivity index (χ2v) is 3.89. The van der Waals surface area contributed by atoms with E-state index in [4.69, 9.17) is 5.73 Å². The first-order valence-electron chi connectivity index (χ1n) is 4.87. The van der Waals surface area contributed by atoms with E-state index in [9.17, 15) is 8.78 Å². The van der Waals surface area contributed by atoms with Crippen molar-refractivity contribution < 1.29 is 8.78 Å². The quantitative estimate of drug-likeness (QED) is 0.852. The summed E-state index contributed by atoms with van der Waals surface area (Å²) in [5, 5.41) is 3.92. The summed E-state index contributed by atoms with van der Waals surface area (Å²) in [5.74, 6) is -3.66. The molecular weight excluding hydrogens is 214 g/mol. The Morgan fingerprint density at radius 3 is 2.75 bits per heavy atom.